The average Bonchev–Trinajstić information content (AvgIpc) is 3.23. The van der Waals surface area contributed by atoms with Crippen molar-refractivity contribution in [2.45, 2.75) is 57.1 Å². The Morgan fingerprint density at radius 3 is 0.907 bits per heavy atom. The van der Waals surface area contributed by atoms with E-state index in [0.29, 0.717) is 21.2 Å². The number of rotatable bonds is 3. The normalized spacial score (nSPS) is 14.0. The van der Waals surface area contributed by atoms with Gasteiger partial charge >= 0.3 is 0 Å². The lowest BCUT2D eigenvalue weighted by atomic mass is 10.1. The maximum Gasteiger partial charge on any atom is 0.210 e. The van der Waals surface area contributed by atoms with Gasteiger partial charge in [-0.15, -0.1) is 0 Å². The number of para-hydroxylation sites is 6. The van der Waals surface area contributed by atoms with E-state index in [9.17, 15) is 8.42 Å². The molecule has 268 valence electrons. The zero-order valence-electron chi connectivity index (χ0n) is 30.5. The predicted molar refractivity (Wildman–Crippen MR) is 227 cm³/mol. The molecular weight excluding hydrogens is 723 g/mol. The molecule has 0 atom stereocenters. The third-order valence-electron chi connectivity index (χ3n) is 9.32. The Labute approximate surface area is 326 Å². The van der Waals surface area contributed by atoms with Crippen LogP contribution in [0.2, 0.25) is 0 Å². The van der Waals surface area contributed by atoms with Crippen LogP contribution in [0.25, 0.3) is 0 Å². The van der Waals surface area contributed by atoms with Gasteiger partial charge in [-0.2, -0.15) is 0 Å². The molecule has 0 bridgehead atoms. The van der Waals surface area contributed by atoms with Crippen molar-refractivity contribution >= 4 is 84.5 Å². The minimum atomic E-state index is -3.73. The van der Waals surface area contributed by atoms with Gasteiger partial charge in [-0.1, -0.05) is 124 Å². The summed E-state index contributed by atoms with van der Waals surface area (Å²) in [4.78, 5) is 12.0. The number of benzene rings is 7. The Kier molecular flexibility index (Phi) is 9.75. The first kappa shape index (κ1) is 35.6. The Morgan fingerprint density at radius 1 is 0.352 bits per heavy atom. The molecule has 54 heavy (non-hydrogen) atoms. The van der Waals surface area contributed by atoms with Crippen molar-refractivity contribution in [1.82, 2.24) is 0 Å². The Morgan fingerprint density at radius 2 is 0.593 bits per heavy atom. The molecule has 3 aliphatic heterocycles. The third-order valence-corrected chi connectivity index (χ3v) is 13.4. The molecule has 0 fully saturated rings. The van der Waals surface area contributed by atoms with Crippen molar-refractivity contribution in [2.75, 3.05) is 14.7 Å². The van der Waals surface area contributed by atoms with Crippen molar-refractivity contribution in [3.05, 3.63) is 164 Å². The van der Waals surface area contributed by atoms with E-state index in [1.54, 1.807) is 47.8 Å². The maximum absolute atomic E-state index is 14.0. The van der Waals surface area contributed by atoms with E-state index in [1.165, 1.54) is 19.6 Å². The van der Waals surface area contributed by atoms with E-state index in [4.69, 9.17) is 0 Å². The number of hydrogen-bond acceptors (Lipinski definition) is 7. The molecule has 0 saturated heterocycles. The number of sulfone groups is 1. The highest BCUT2D eigenvalue weighted by atomic mass is 32.2. The summed E-state index contributed by atoms with van der Waals surface area (Å²) in [5.41, 5.74) is 8.41. The van der Waals surface area contributed by atoms with Crippen LogP contribution in [0, 0.1) is 0 Å². The average molecular weight is 762 g/mol. The van der Waals surface area contributed by atoms with Crippen molar-refractivity contribution in [2.24, 2.45) is 0 Å². The fourth-order valence-electron chi connectivity index (χ4n) is 7.20. The molecule has 0 unspecified atom stereocenters. The molecule has 7 aromatic rings. The Bertz CT molecular complexity index is 2360. The van der Waals surface area contributed by atoms with Gasteiger partial charge in [0.1, 0.15) is 0 Å². The molecular formula is C46H39N3O2S3. The highest BCUT2D eigenvalue weighted by Crippen LogP contribution is 2.57. The zero-order valence-corrected chi connectivity index (χ0v) is 32.9. The third kappa shape index (κ3) is 5.86. The summed E-state index contributed by atoms with van der Waals surface area (Å²) in [6.45, 7) is 8.00. The quantitative estimate of drug-likeness (QED) is 0.178. The monoisotopic (exact) mass is 761 g/mol. The highest BCUT2D eigenvalue weighted by molar-refractivity contribution is 8.00. The standard InChI is InChI=1S/C42H27N3O2S3.2C2H6/c46-50(47)41-23-11-5-17-35(41)45(36-18-6-12-24-42(36)50)30-26-28(43-31-13-1-7-19-37(31)48-38-20-8-2-14-32(38)43)25-29(27-30)44-33-15-3-9-21-39(33)49-40-22-10-4-16-34(40)44;2*1-2/h1-27H;2*1-2H3. The van der Waals surface area contributed by atoms with Crippen LogP contribution in [-0.2, 0) is 9.84 Å². The molecule has 7 aromatic carbocycles. The van der Waals surface area contributed by atoms with E-state index in [-0.39, 0.29) is 0 Å². The number of hydrogen-bond donors (Lipinski definition) is 0. The zero-order chi connectivity index (χ0) is 37.4. The van der Waals surface area contributed by atoms with Crippen molar-refractivity contribution in [1.29, 1.82) is 0 Å². The molecule has 0 aliphatic carbocycles. The molecule has 10 rings (SSSR count). The van der Waals surface area contributed by atoms with Gasteiger partial charge in [-0.05, 0) is 91.0 Å². The first-order valence-electron chi connectivity index (χ1n) is 18.3. The second-order valence-corrected chi connectivity index (χ2v) is 16.3. The maximum atomic E-state index is 14.0. The molecule has 3 heterocycles. The lowest BCUT2D eigenvalue weighted by Gasteiger charge is -2.38. The van der Waals surface area contributed by atoms with Gasteiger partial charge in [0.15, 0.2) is 0 Å². The van der Waals surface area contributed by atoms with E-state index >= 15 is 0 Å². The summed E-state index contributed by atoms with van der Waals surface area (Å²) in [6.07, 6.45) is 0. The molecule has 0 aromatic heterocycles. The van der Waals surface area contributed by atoms with Crippen molar-refractivity contribution in [3.63, 3.8) is 0 Å². The molecule has 0 N–H and O–H groups in total. The van der Waals surface area contributed by atoms with Crippen LogP contribution in [-0.4, -0.2) is 8.42 Å². The molecule has 0 radical (unpaired) electrons. The van der Waals surface area contributed by atoms with E-state index < -0.39 is 9.84 Å². The van der Waals surface area contributed by atoms with E-state index in [1.807, 2.05) is 52.0 Å². The van der Waals surface area contributed by atoms with Crippen molar-refractivity contribution in [3.8, 4) is 0 Å². The minimum absolute atomic E-state index is 0.292. The van der Waals surface area contributed by atoms with Gasteiger partial charge in [-0.3, -0.25) is 0 Å². The summed E-state index contributed by atoms with van der Waals surface area (Å²) in [6, 6.07) is 55.3. The van der Waals surface area contributed by atoms with E-state index in [2.05, 4.69) is 130 Å². The van der Waals surface area contributed by atoms with Crippen LogP contribution >= 0.6 is 23.5 Å². The first-order chi connectivity index (χ1) is 26.6. The molecule has 0 spiro atoms. The number of anilines is 9. The topological polar surface area (TPSA) is 43.9 Å². The molecule has 3 aliphatic rings. The fourth-order valence-corrected chi connectivity index (χ4v) is 10.9. The molecule has 0 amide bonds. The Balaban J connectivity index is 0.00000100. The summed E-state index contributed by atoms with van der Waals surface area (Å²) in [5, 5.41) is 0. The lowest BCUT2D eigenvalue weighted by molar-refractivity contribution is 0.595. The van der Waals surface area contributed by atoms with E-state index in [0.717, 1.165) is 39.8 Å². The highest BCUT2D eigenvalue weighted by Gasteiger charge is 2.36. The number of nitrogens with zero attached hydrogens (tertiary/aromatic N) is 3. The van der Waals surface area contributed by atoms with Gasteiger partial charge < -0.3 is 14.7 Å². The second kappa shape index (κ2) is 14.8. The second-order valence-electron chi connectivity index (χ2n) is 12.2. The van der Waals surface area contributed by atoms with Crippen LogP contribution in [0.15, 0.2) is 193 Å². The summed E-state index contributed by atoms with van der Waals surface area (Å²) < 4.78 is 28.0. The SMILES string of the molecule is CC.CC.O=S1(=O)c2ccccc2N(c2cc(N3c4ccccc4Sc4ccccc43)cc(N3c4ccccc4Sc4ccccc43)c2)c2ccccc21. The summed E-state index contributed by atoms with van der Waals surface area (Å²) >= 11 is 3.55. The Hall–Kier alpha value is -5.41. The van der Waals surface area contributed by atoms with Crippen LogP contribution in [0.1, 0.15) is 27.7 Å². The van der Waals surface area contributed by atoms with Gasteiger partial charge in [-0.25, -0.2) is 8.42 Å². The molecule has 5 nitrogen and oxygen atoms in total. The fraction of sp³-hybridized carbons (Fsp3) is 0.0870. The molecule has 0 saturated carbocycles. The van der Waals surface area contributed by atoms with Gasteiger partial charge in [0.05, 0.1) is 61.0 Å². The lowest BCUT2D eigenvalue weighted by Crippen LogP contribution is -2.23. The van der Waals surface area contributed by atoms with Crippen LogP contribution in [0.3, 0.4) is 0 Å². The van der Waals surface area contributed by atoms with Crippen molar-refractivity contribution < 1.29 is 8.42 Å². The van der Waals surface area contributed by atoms with Crippen LogP contribution in [0.4, 0.5) is 51.2 Å². The van der Waals surface area contributed by atoms with Gasteiger partial charge in [0.25, 0.3) is 0 Å². The smallest absolute Gasteiger partial charge is 0.210 e. The van der Waals surface area contributed by atoms with Crippen LogP contribution < -0.4 is 14.7 Å². The van der Waals surface area contributed by atoms with Crippen LogP contribution in [0.5, 0.6) is 0 Å². The predicted octanol–water partition coefficient (Wildman–Crippen LogP) is 14.2. The minimum Gasteiger partial charge on any atom is -0.308 e. The largest absolute Gasteiger partial charge is 0.308 e. The summed E-state index contributed by atoms with van der Waals surface area (Å²) in [5.74, 6) is 0. The number of fused-ring (bicyclic) bond motifs is 6. The van der Waals surface area contributed by atoms with Gasteiger partial charge in [0.2, 0.25) is 9.84 Å². The van der Waals surface area contributed by atoms with Gasteiger partial charge in [0, 0.05) is 19.6 Å². The summed E-state index contributed by atoms with van der Waals surface area (Å²) in [7, 11) is -3.73. The first-order valence-corrected chi connectivity index (χ1v) is 21.4. The molecule has 8 heteroatoms.